The molecule has 1 aromatic carbocycles. The van der Waals surface area contributed by atoms with E-state index in [1.165, 1.54) is 5.56 Å². The van der Waals surface area contributed by atoms with Gasteiger partial charge in [-0.15, -0.1) is 24.0 Å². The van der Waals surface area contributed by atoms with Crippen LogP contribution in [-0.2, 0) is 17.9 Å². The highest BCUT2D eigenvalue weighted by Crippen LogP contribution is 2.09. The Morgan fingerprint density at radius 1 is 1.21 bits per heavy atom. The van der Waals surface area contributed by atoms with Crippen LogP contribution in [0.15, 0.2) is 48.0 Å². The van der Waals surface area contributed by atoms with E-state index in [1.54, 1.807) is 6.20 Å². The van der Waals surface area contributed by atoms with Crippen LogP contribution in [0.25, 0.3) is 0 Å². The van der Waals surface area contributed by atoms with Crippen molar-refractivity contribution in [2.24, 2.45) is 4.99 Å². The number of nitrogens with one attached hydrogen (secondary N) is 2. The number of rotatable bonds is 7. The molecule has 8 heteroatoms. The number of guanidine groups is 1. The molecular formula is C20H29IN6O. The third kappa shape index (κ3) is 6.81. The summed E-state index contributed by atoms with van der Waals surface area (Å²) in [7, 11) is 0. The number of aromatic nitrogens is 2. The second-order valence-electron chi connectivity index (χ2n) is 6.69. The van der Waals surface area contributed by atoms with Crippen molar-refractivity contribution in [1.29, 1.82) is 0 Å². The Bertz CT molecular complexity index is 756. The number of amides is 1. The maximum atomic E-state index is 12.2. The molecule has 0 unspecified atom stereocenters. The smallest absolute Gasteiger partial charge is 0.241 e. The van der Waals surface area contributed by atoms with E-state index >= 15 is 0 Å². The van der Waals surface area contributed by atoms with Gasteiger partial charge in [0.1, 0.15) is 0 Å². The highest BCUT2D eigenvalue weighted by atomic mass is 127. The average Bonchev–Trinajstić information content (AvgIpc) is 3.38. The first-order valence-corrected chi connectivity index (χ1v) is 9.58. The number of benzene rings is 1. The quantitative estimate of drug-likeness (QED) is 0.351. The number of carbonyl (C=O) groups excluding carboxylic acids is 1. The minimum absolute atomic E-state index is 0. The first-order valence-electron chi connectivity index (χ1n) is 9.58. The number of imidazole rings is 1. The Kier molecular flexibility index (Phi) is 9.26. The lowest BCUT2D eigenvalue weighted by molar-refractivity contribution is -0.128. The van der Waals surface area contributed by atoms with E-state index in [9.17, 15) is 4.79 Å². The summed E-state index contributed by atoms with van der Waals surface area (Å²) < 4.78 is 2.04. The number of carbonyl (C=O) groups is 1. The van der Waals surface area contributed by atoms with Crippen LogP contribution in [0.3, 0.4) is 0 Å². The SMILES string of the molecule is CCNC(=NCc1cccc(Cn2ccnc2)c1)NCC(=O)N1CCCC1.I. The number of hydrogen-bond acceptors (Lipinski definition) is 3. The molecule has 0 atom stereocenters. The third-order valence-corrected chi connectivity index (χ3v) is 4.55. The van der Waals surface area contributed by atoms with Crippen LogP contribution in [0.1, 0.15) is 30.9 Å². The van der Waals surface area contributed by atoms with Crippen molar-refractivity contribution in [2.45, 2.75) is 32.9 Å². The summed E-state index contributed by atoms with van der Waals surface area (Å²) in [5.74, 6) is 0.811. The molecule has 2 N–H and O–H groups in total. The molecule has 0 spiro atoms. The highest BCUT2D eigenvalue weighted by Gasteiger charge is 2.17. The van der Waals surface area contributed by atoms with E-state index in [1.807, 2.05) is 35.0 Å². The van der Waals surface area contributed by atoms with Crippen molar-refractivity contribution in [3.63, 3.8) is 0 Å². The number of nitrogens with zero attached hydrogens (tertiary/aromatic N) is 4. The number of hydrogen-bond donors (Lipinski definition) is 2. The van der Waals surface area contributed by atoms with Crippen molar-refractivity contribution in [3.8, 4) is 0 Å². The average molecular weight is 496 g/mol. The van der Waals surface area contributed by atoms with Crippen LogP contribution in [-0.4, -0.2) is 52.5 Å². The lowest BCUT2D eigenvalue weighted by Gasteiger charge is -2.17. The van der Waals surface area contributed by atoms with Crippen LogP contribution in [0.5, 0.6) is 0 Å². The predicted octanol–water partition coefficient (Wildman–Crippen LogP) is 2.23. The summed E-state index contributed by atoms with van der Waals surface area (Å²) in [4.78, 5) is 22.8. The molecule has 0 saturated carbocycles. The molecule has 1 amide bonds. The van der Waals surface area contributed by atoms with E-state index in [-0.39, 0.29) is 36.4 Å². The normalized spacial score (nSPS) is 13.9. The maximum absolute atomic E-state index is 12.2. The van der Waals surface area contributed by atoms with Gasteiger partial charge < -0.3 is 20.1 Å². The van der Waals surface area contributed by atoms with E-state index in [4.69, 9.17) is 0 Å². The van der Waals surface area contributed by atoms with Crippen LogP contribution < -0.4 is 10.6 Å². The summed E-state index contributed by atoms with van der Waals surface area (Å²) in [5, 5.41) is 6.36. The minimum Gasteiger partial charge on any atom is -0.357 e. The molecule has 28 heavy (non-hydrogen) atoms. The van der Waals surface area contributed by atoms with Gasteiger partial charge in [-0.25, -0.2) is 9.98 Å². The molecule has 1 aliphatic heterocycles. The second kappa shape index (κ2) is 11.7. The summed E-state index contributed by atoms with van der Waals surface area (Å²) in [5.41, 5.74) is 2.35. The molecule has 0 bridgehead atoms. The fourth-order valence-electron chi connectivity index (χ4n) is 3.17. The van der Waals surface area contributed by atoms with E-state index in [0.29, 0.717) is 12.5 Å². The lowest BCUT2D eigenvalue weighted by atomic mass is 10.1. The van der Waals surface area contributed by atoms with Gasteiger partial charge in [-0.3, -0.25) is 4.79 Å². The zero-order valence-electron chi connectivity index (χ0n) is 16.3. The maximum Gasteiger partial charge on any atom is 0.241 e. The minimum atomic E-state index is 0. The molecule has 1 aliphatic rings. The van der Waals surface area contributed by atoms with Crippen molar-refractivity contribution < 1.29 is 4.79 Å². The van der Waals surface area contributed by atoms with E-state index < -0.39 is 0 Å². The monoisotopic (exact) mass is 496 g/mol. The van der Waals surface area contributed by atoms with Gasteiger partial charge in [0.25, 0.3) is 0 Å². The molecule has 2 heterocycles. The molecule has 1 fully saturated rings. The van der Waals surface area contributed by atoms with Crippen molar-refractivity contribution in [3.05, 3.63) is 54.1 Å². The second-order valence-corrected chi connectivity index (χ2v) is 6.69. The largest absolute Gasteiger partial charge is 0.357 e. The van der Waals surface area contributed by atoms with Gasteiger partial charge in [0.15, 0.2) is 5.96 Å². The molecule has 1 aromatic heterocycles. The fraction of sp³-hybridized carbons (Fsp3) is 0.450. The number of halogens is 1. The van der Waals surface area contributed by atoms with Crippen molar-refractivity contribution in [2.75, 3.05) is 26.2 Å². The fourth-order valence-corrected chi connectivity index (χ4v) is 3.17. The first kappa shape index (κ1) is 22.2. The predicted molar refractivity (Wildman–Crippen MR) is 122 cm³/mol. The summed E-state index contributed by atoms with van der Waals surface area (Å²) in [6.07, 6.45) is 7.77. The highest BCUT2D eigenvalue weighted by molar-refractivity contribution is 14.0. The zero-order valence-corrected chi connectivity index (χ0v) is 18.6. The molecular weight excluding hydrogens is 467 g/mol. The number of aliphatic imine (C=N–C) groups is 1. The Labute approximate surface area is 183 Å². The molecule has 152 valence electrons. The molecule has 0 radical (unpaired) electrons. The summed E-state index contributed by atoms with van der Waals surface area (Å²) in [6.45, 7) is 6.16. The molecule has 3 rings (SSSR count). The Morgan fingerprint density at radius 2 is 2.00 bits per heavy atom. The first-order chi connectivity index (χ1) is 13.2. The Hall–Kier alpha value is -2.10. The van der Waals surface area contributed by atoms with Crippen molar-refractivity contribution >= 4 is 35.8 Å². The standard InChI is InChI=1S/C20H28N6O.HI/c1-2-22-20(24-14-19(27)26-9-3-4-10-26)23-13-17-6-5-7-18(12-17)15-25-11-8-21-16-25;/h5-8,11-12,16H,2-4,9-10,13-15H2,1H3,(H2,22,23,24);1H. The van der Waals surface area contributed by atoms with Gasteiger partial charge in [0.2, 0.25) is 5.91 Å². The number of likely N-dealkylation sites (tertiary alicyclic amines) is 1. The molecule has 1 saturated heterocycles. The van der Waals surface area contributed by atoms with E-state index in [2.05, 4.69) is 38.8 Å². The lowest BCUT2D eigenvalue weighted by Crippen LogP contribution is -2.44. The molecule has 2 aromatic rings. The van der Waals surface area contributed by atoms with Gasteiger partial charge in [0, 0.05) is 38.6 Å². The van der Waals surface area contributed by atoms with Crippen LogP contribution in [0.4, 0.5) is 0 Å². The molecule has 7 nitrogen and oxygen atoms in total. The topological polar surface area (TPSA) is 74.5 Å². The third-order valence-electron chi connectivity index (χ3n) is 4.55. The van der Waals surface area contributed by atoms with E-state index in [0.717, 1.165) is 44.6 Å². The van der Waals surface area contributed by atoms with Crippen LogP contribution in [0.2, 0.25) is 0 Å². The van der Waals surface area contributed by atoms with Crippen LogP contribution in [0, 0.1) is 0 Å². The van der Waals surface area contributed by atoms with Gasteiger partial charge in [-0.05, 0) is 30.9 Å². The Morgan fingerprint density at radius 3 is 2.71 bits per heavy atom. The zero-order chi connectivity index (χ0) is 18.9. The summed E-state index contributed by atoms with van der Waals surface area (Å²) >= 11 is 0. The van der Waals surface area contributed by atoms with Gasteiger partial charge >= 0.3 is 0 Å². The Balaban J connectivity index is 0.00000280. The van der Waals surface area contributed by atoms with Gasteiger partial charge in [0.05, 0.1) is 19.4 Å². The van der Waals surface area contributed by atoms with Crippen molar-refractivity contribution in [1.82, 2.24) is 25.1 Å². The van der Waals surface area contributed by atoms with Crippen LogP contribution >= 0.6 is 24.0 Å². The molecule has 0 aliphatic carbocycles. The van der Waals surface area contributed by atoms with Gasteiger partial charge in [-0.2, -0.15) is 0 Å². The summed E-state index contributed by atoms with van der Waals surface area (Å²) in [6, 6.07) is 8.38. The van der Waals surface area contributed by atoms with Gasteiger partial charge in [-0.1, -0.05) is 24.3 Å².